The Bertz CT molecular complexity index is 1160. The van der Waals surface area contributed by atoms with Gasteiger partial charge in [0, 0.05) is 36.3 Å². The predicted octanol–water partition coefficient (Wildman–Crippen LogP) is 15.1. The van der Waals surface area contributed by atoms with Gasteiger partial charge in [0.15, 0.2) is 0 Å². The molecule has 0 aromatic rings. The van der Waals surface area contributed by atoms with Gasteiger partial charge < -0.3 is 0 Å². The van der Waals surface area contributed by atoms with Crippen molar-refractivity contribution >= 4 is 0 Å². The molecule has 2 heteroatoms. The van der Waals surface area contributed by atoms with E-state index in [0.29, 0.717) is 0 Å². The van der Waals surface area contributed by atoms with E-state index in [0.717, 1.165) is 119 Å². The van der Waals surface area contributed by atoms with Crippen molar-refractivity contribution in [3.05, 3.63) is 0 Å². The summed E-state index contributed by atoms with van der Waals surface area (Å²) in [7, 11) is 0. The predicted molar refractivity (Wildman–Crippen MR) is 246 cm³/mol. The fraction of sp³-hybridized carbons (Fsp3) is 1.00. The third-order valence-electron chi connectivity index (χ3n) is 22.3. The van der Waals surface area contributed by atoms with Crippen molar-refractivity contribution in [2.24, 2.45) is 82.9 Å². The summed E-state index contributed by atoms with van der Waals surface area (Å²) in [6, 6.07) is 5.47. The zero-order valence-corrected chi connectivity index (χ0v) is 39.1. The highest BCUT2D eigenvalue weighted by Gasteiger charge is 2.58. The molecule has 0 radical (unpaired) electrons. The minimum Gasteiger partial charge on any atom is -0.294 e. The van der Waals surface area contributed by atoms with Crippen LogP contribution in [0.3, 0.4) is 0 Å². The Hall–Kier alpha value is -0.0800. The van der Waals surface area contributed by atoms with Crippen LogP contribution < -0.4 is 0 Å². The summed E-state index contributed by atoms with van der Waals surface area (Å²) in [4.78, 5) is 6.88. The average Bonchev–Trinajstić information content (AvgIpc) is 3.26. The Balaban J connectivity index is 0.877. The van der Waals surface area contributed by atoms with Crippen LogP contribution >= 0.6 is 0 Å². The van der Waals surface area contributed by atoms with Gasteiger partial charge in [-0.25, -0.2) is 0 Å². The Morgan fingerprint density at radius 2 is 0.448 bits per heavy atom. The van der Waals surface area contributed by atoms with Gasteiger partial charge in [-0.2, -0.15) is 0 Å². The summed E-state index contributed by atoms with van der Waals surface area (Å²) in [5, 5.41) is 0. The summed E-state index contributed by atoms with van der Waals surface area (Å²) in [5.74, 6) is 14.5. The van der Waals surface area contributed by atoms with E-state index in [1.54, 1.807) is 128 Å². The SMILES string of the molecule is CC1CCC(C2CCC(N(C3CCC(C)CC3)C3CCC4CCC5C6C(CCC3C46)CCC5N(C3CCC(C)CC3)C3CCC(C4CCC(C)CC4)CC3)CC2)CC1. The first-order valence-corrected chi connectivity index (χ1v) is 27.9. The van der Waals surface area contributed by atoms with Crippen molar-refractivity contribution in [1.82, 2.24) is 9.80 Å². The van der Waals surface area contributed by atoms with Crippen molar-refractivity contribution in [3.8, 4) is 0 Å². The quantitative estimate of drug-likeness (QED) is 0.241. The Kier molecular flexibility index (Phi) is 13.4. The highest BCUT2D eigenvalue weighted by Crippen LogP contribution is 2.62. The monoisotopic (exact) mass is 797 g/mol. The molecular formula is C56H96N2. The normalized spacial score (nSPS) is 51.6. The number of rotatable bonds is 8. The molecule has 0 bridgehead atoms. The van der Waals surface area contributed by atoms with Gasteiger partial charge in [0.2, 0.25) is 0 Å². The molecule has 10 aliphatic carbocycles. The van der Waals surface area contributed by atoms with Gasteiger partial charge in [0.1, 0.15) is 0 Å². The fourth-order valence-electron chi connectivity index (χ4n) is 19.0. The van der Waals surface area contributed by atoms with Crippen LogP contribution in [0.5, 0.6) is 0 Å². The lowest BCUT2D eigenvalue weighted by molar-refractivity contribution is -0.150. The minimum absolute atomic E-state index is 0.905. The second-order valence-corrected chi connectivity index (χ2v) is 25.3. The first-order chi connectivity index (χ1) is 28.4. The maximum absolute atomic E-state index is 3.44. The molecule has 0 aromatic heterocycles. The second kappa shape index (κ2) is 18.6. The zero-order chi connectivity index (χ0) is 39.3. The molecule has 0 aliphatic heterocycles. The molecular weight excluding hydrogens is 701 g/mol. The molecule has 0 N–H and O–H groups in total. The number of hydrogen-bond donors (Lipinski definition) is 0. The first kappa shape index (κ1) is 41.9. The molecule has 0 spiro atoms. The molecule has 10 fully saturated rings. The van der Waals surface area contributed by atoms with Crippen molar-refractivity contribution < 1.29 is 0 Å². The third kappa shape index (κ3) is 8.62. The topological polar surface area (TPSA) is 6.48 Å². The molecule has 0 aromatic carbocycles. The smallest absolute Gasteiger partial charge is 0.0132 e. The van der Waals surface area contributed by atoms with Gasteiger partial charge in [-0.1, -0.05) is 53.4 Å². The Labute approximate surface area is 360 Å². The maximum atomic E-state index is 3.44. The zero-order valence-electron chi connectivity index (χ0n) is 39.1. The standard InChI is InChI=1S/C56H96N2/c1-37-5-13-41(14-6-37)43-17-29-49(30-18-43)57(47-25-9-39(3)10-26-47)53-35-23-45-22-34-52-54(36-24-46-21-33-51(53)55(45)56(46)52)58(48-27-11-40(4)12-28-48)50-31-19-44(20-32-50)42-15-7-38(2)8-16-42/h37-56H,5-36H2,1-4H3. The molecule has 8 unspecified atom stereocenters. The van der Waals surface area contributed by atoms with Gasteiger partial charge in [-0.3, -0.25) is 9.80 Å². The van der Waals surface area contributed by atoms with Crippen molar-refractivity contribution in [1.29, 1.82) is 0 Å². The lowest BCUT2D eigenvalue weighted by Gasteiger charge is -2.64. The summed E-state index contributed by atoms with van der Waals surface area (Å²) in [5.41, 5.74) is 0. The molecule has 10 rings (SSSR count). The fourth-order valence-corrected chi connectivity index (χ4v) is 19.0. The third-order valence-corrected chi connectivity index (χ3v) is 22.3. The van der Waals surface area contributed by atoms with Gasteiger partial charge >= 0.3 is 0 Å². The van der Waals surface area contributed by atoms with E-state index in [1.807, 2.05) is 0 Å². The molecule has 10 saturated carbocycles. The van der Waals surface area contributed by atoms with Crippen LogP contribution in [0.1, 0.15) is 233 Å². The number of nitrogens with zero attached hydrogens (tertiary/aromatic N) is 2. The summed E-state index contributed by atoms with van der Waals surface area (Å²) in [6.07, 6.45) is 49.6. The molecule has 330 valence electrons. The Morgan fingerprint density at radius 1 is 0.224 bits per heavy atom. The summed E-state index contributed by atoms with van der Waals surface area (Å²) >= 11 is 0. The van der Waals surface area contributed by atoms with Crippen LogP contribution in [0.25, 0.3) is 0 Å². The number of hydrogen-bond acceptors (Lipinski definition) is 2. The molecule has 10 aliphatic rings. The van der Waals surface area contributed by atoms with Crippen molar-refractivity contribution in [2.75, 3.05) is 0 Å². The van der Waals surface area contributed by atoms with E-state index in [2.05, 4.69) is 37.5 Å². The van der Waals surface area contributed by atoms with Crippen LogP contribution in [0.15, 0.2) is 0 Å². The van der Waals surface area contributed by atoms with Crippen molar-refractivity contribution in [2.45, 2.75) is 269 Å². The van der Waals surface area contributed by atoms with Crippen LogP contribution in [0, 0.1) is 82.9 Å². The van der Waals surface area contributed by atoms with Crippen LogP contribution in [0.4, 0.5) is 0 Å². The molecule has 0 amide bonds. The molecule has 0 heterocycles. The molecule has 2 nitrogen and oxygen atoms in total. The van der Waals surface area contributed by atoms with E-state index >= 15 is 0 Å². The highest BCUT2D eigenvalue weighted by atomic mass is 15.2. The van der Waals surface area contributed by atoms with E-state index in [-0.39, 0.29) is 0 Å². The lowest BCUT2D eigenvalue weighted by Crippen LogP contribution is -2.64. The van der Waals surface area contributed by atoms with Gasteiger partial charge in [0.05, 0.1) is 0 Å². The Morgan fingerprint density at radius 3 is 0.759 bits per heavy atom. The largest absolute Gasteiger partial charge is 0.294 e. The van der Waals surface area contributed by atoms with Crippen LogP contribution in [-0.2, 0) is 0 Å². The van der Waals surface area contributed by atoms with Crippen LogP contribution in [-0.4, -0.2) is 46.1 Å². The molecule has 0 saturated heterocycles. The van der Waals surface area contributed by atoms with E-state index in [1.165, 1.54) is 77.0 Å². The van der Waals surface area contributed by atoms with Crippen LogP contribution in [0.2, 0.25) is 0 Å². The summed E-state index contributed by atoms with van der Waals surface area (Å²) < 4.78 is 0. The second-order valence-electron chi connectivity index (χ2n) is 25.3. The average molecular weight is 797 g/mol. The molecule has 58 heavy (non-hydrogen) atoms. The van der Waals surface area contributed by atoms with Gasteiger partial charge in [-0.15, -0.1) is 0 Å². The van der Waals surface area contributed by atoms with Crippen molar-refractivity contribution in [3.63, 3.8) is 0 Å². The van der Waals surface area contributed by atoms with Gasteiger partial charge in [-0.05, 0) is 263 Å². The lowest BCUT2D eigenvalue weighted by atomic mass is 9.46. The van der Waals surface area contributed by atoms with E-state index in [4.69, 9.17) is 0 Å². The van der Waals surface area contributed by atoms with E-state index < -0.39 is 0 Å². The minimum atomic E-state index is 0.905. The highest BCUT2D eigenvalue weighted by molar-refractivity contribution is 5.10. The summed E-state index contributed by atoms with van der Waals surface area (Å²) in [6.45, 7) is 10.2. The van der Waals surface area contributed by atoms with Gasteiger partial charge in [0.25, 0.3) is 0 Å². The first-order valence-electron chi connectivity index (χ1n) is 27.9. The molecule has 8 atom stereocenters. The van der Waals surface area contributed by atoms with E-state index in [9.17, 15) is 0 Å². The maximum Gasteiger partial charge on any atom is 0.0132 e.